The number of nitrogens with zero attached hydrogens (tertiary/aromatic N) is 2. The molecule has 0 amide bonds. The van der Waals surface area contributed by atoms with E-state index in [1.165, 1.54) is 27.3 Å². The molecule has 43 heavy (non-hydrogen) atoms. The molecule has 9 aromatic rings. The Labute approximate surface area is 247 Å². The van der Waals surface area contributed by atoms with Crippen molar-refractivity contribution in [3.8, 4) is 33.6 Å². The van der Waals surface area contributed by atoms with Gasteiger partial charge in [0.25, 0.3) is 0 Å². The van der Waals surface area contributed by atoms with E-state index >= 15 is 0 Å². The van der Waals surface area contributed by atoms with Gasteiger partial charge in [-0.1, -0.05) is 103 Å². The Morgan fingerprint density at radius 1 is 0.395 bits per heavy atom. The van der Waals surface area contributed by atoms with E-state index in [-0.39, 0.29) is 0 Å². The van der Waals surface area contributed by atoms with Gasteiger partial charge in [0, 0.05) is 27.3 Å². The summed E-state index contributed by atoms with van der Waals surface area (Å²) in [7, 11) is 0. The summed E-state index contributed by atoms with van der Waals surface area (Å²) in [5.41, 5.74) is 9.67. The molecule has 9 rings (SSSR count). The molecule has 0 radical (unpaired) electrons. The largest absolute Gasteiger partial charge is 0.455 e. The van der Waals surface area contributed by atoms with Crippen LogP contribution in [0.15, 0.2) is 150 Å². The van der Waals surface area contributed by atoms with Gasteiger partial charge in [-0.15, -0.1) is 0 Å². The molecule has 0 atom stereocenters. The first kappa shape index (κ1) is 23.9. The van der Waals surface area contributed by atoms with E-state index in [0.717, 1.165) is 60.9 Å². The molecule has 2 aromatic heterocycles. The average Bonchev–Trinajstić information content (AvgIpc) is 3.45. The van der Waals surface area contributed by atoms with Crippen molar-refractivity contribution in [2.75, 3.05) is 0 Å². The van der Waals surface area contributed by atoms with Crippen LogP contribution in [0.4, 0.5) is 0 Å². The molecule has 200 valence electrons. The standard InChI is InChI=1S/C40H24N2O/c1-2-11-26(12-3-1)38-39(42-36-17-9-8-16-35(36)41-38)29-20-21-37-33(23-29)34-24-32(30-14-6-7-15-31(30)40(34)43-37)28-19-18-25-10-4-5-13-27(25)22-28/h1-24H. The lowest BCUT2D eigenvalue weighted by Crippen LogP contribution is -1.95. The molecule has 0 unspecified atom stereocenters. The van der Waals surface area contributed by atoms with Crippen molar-refractivity contribution in [2.24, 2.45) is 0 Å². The Kier molecular flexibility index (Phi) is 5.20. The van der Waals surface area contributed by atoms with Gasteiger partial charge in [-0.3, -0.25) is 0 Å². The minimum atomic E-state index is 0.856. The molecule has 2 heterocycles. The van der Waals surface area contributed by atoms with Gasteiger partial charge in [0.15, 0.2) is 0 Å². The molecule has 0 aliphatic carbocycles. The molecule has 0 saturated carbocycles. The van der Waals surface area contributed by atoms with Crippen LogP contribution in [-0.4, -0.2) is 9.97 Å². The highest BCUT2D eigenvalue weighted by molar-refractivity contribution is 6.19. The third-order valence-corrected chi connectivity index (χ3v) is 8.43. The highest BCUT2D eigenvalue weighted by Gasteiger charge is 2.18. The molecule has 0 bridgehead atoms. The fraction of sp³-hybridized carbons (Fsp3) is 0. The first-order valence-corrected chi connectivity index (χ1v) is 14.5. The summed E-state index contributed by atoms with van der Waals surface area (Å²) in [4.78, 5) is 10.2. The van der Waals surface area contributed by atoms with Gasteiger partial charge in [0.1, 0.15) is 11.2 Å². The molecule has 0 saturated heterocycles. The van der Waals surface area contributed by atoms with Crippen molar-refractivity contribution in [3.63, 3.8) is 0 Å². The predicted octanol–water partition coefficient (Wildman–Crippen LogP) is 10.8. The van der Waals surface area contributed by atoms with E-state index in [1.807, 2.05) is 42.5 Å². The van der Waals surface area contributed by atoms with Crippen LogP contribution >= 0.6 is 0 Å². The van der Waals surface area contributed by atoms with Gasteiger partial charge in [-0.25, -0.2) is 9.97 Å². The second-order valence-electron chi connectivity index (χ2n) is 11.0. The maximum Gasteiger partial charge on any atom is 0.143 e. The molecule has 0 aliphatic rings. The lowest BCUT2D eigenvalue weighted by Gasteiger charge is -2.11. The first-order chi connectivity index (χ1) is 21.3. The van der Waals surface area contributed by atoms with Gasteiger partial charge >= 0.3 is 0 Å². The lowest BCUT2D eigenvalue weighted by molar-refractivity contribution is 0.673. The van der Waals surface area contributed by atoms with Crippen molar-refractivity contribution in [2.45, 2.75) is 0 Å². The Morgan fingerprint density at radius 3 is 1.86 bits per heavy atom. The van der Waals surface area contributed by atoms with Gasteiger partial charge in [0.2, 0.25) is 0 Å². The predicted molar refractivity (Wildman–Crippen MR) is 178 cm³/mol. The number of benzene rings is 7. The lowest BCUT2D eigenvalue weighted by atomic mass is 9.93. The molecule has 0 N–H and O–H groups in total. The van der Waals surface area contributed by atoms with Gasteiger partial charge < -0.3 is 4.42 Å². The van der Waals surface area contributed by atoms with Gasteiger partial charge in [0.05, 0.1) is 22.4 Å². The Morgan fingerprint density at radius 2 is 1.05 bits per heavy atom. The van der Waals surface area contributed by atoms with Gasteiger partial charge in [-0.05, 0) is 69.8 Å². The van der Waals surface area contributed by atoms with Gasteiger partial charge in [-0.2, -0.15) is 0 Å². The molecular formula is C40H24N2O. The second kappa shape index (κ2) is 9.37. The fourth-order valence-electron chi connectivity index (χ4n) is 6.34. The zero-order valence-electron chi connectivity index (χ0n) is 23.2. The summed E-state index contributed by atoms with van der Waals surface area (Å²) in [6.07, 6.45) is 0. The zero-order valence-corrected chi connectivity index (χ0v) is 23.2. The monoisotopic (exact) mass is 548 g/mol. The Balaban J connectivity index is 1.32. The summed E-state index contributed by atoms with van der Waals surface area (Å²) < 4.78 is 6.57. The van der Waals surface area contributed by atoms with Crippen LogP contribution in [-0.2, 0) is 0 Å². The summed E-state index contributed by atoms with van der Waals surface area (Å²) in [5.74, 6) is 0. The van der Waals surface area contributed by atoms with Crippen molar-refractivity contribution >= 4 is 54.5 Å². The van der Waals surface area contributed by atoms with Crippen molar-refractivity contribution in [1.82, 2.24) is 9.97 Å². The summed E-state index contributed by atoms with van der Waals surface area (Å²) in [5, 5.41) is 6.91. The Hall–Kier alpha value is -5.80. The highest BCUT2D eigenvalue weighted by Crippen LogP contribution is 2.42. The van der Waals surface area contributed by atoms with E-state index in [9.17, 15) is 0 Å². The van der Waals surface area contributed by atoms with Crippen molar-refractivity contribution < 1.29 is 4.42 Å². The number of hydrogen-bond acceptors (Lipinski definition) is 3. The summed E-state index contributed by atoms with van der Waals surface area (Å²) >= 11 is 0. The maximum absolute atomic E-state index is 6.57. The third kappa shape index (κ3) is 3.83. The van der Waals surface area contributed by atoms with Crippen LogP contribution in [0.5, 0.6) is 0 Å². The first-order valence-electron chi connectivity index (χ1n) is 14.5. The molecule has 0 aliphatic heterocycles. The number of aromatic nitrogens is 2. The quantitative estimate of drug-likeness (QED) is 0.220. The highest BCUT2D eigenvalue weighted by atomic mass is 16.3. The molecular weight excluding hydrogens is 524 g/mol. The summed E-state index contributed by atoms with van der Waals surface area (Å²) in [6.45, 7) is 0. The molecule has 0 spiro atoms. The SMILES string of the molecule is c1ccc(-c2nc3ccccc3nc2-c2ccc3oc4c5ccccc5c(-c5ccc6ccccc6c5)cc4c3c2)cc1. The molecule has 3 nitrogen and oxygen atoms in total. The van der Waals surface area contributed by atoms with E-state index < -0.39 is 0 Å². The number of fused-ring (bicyclic) bond motifs is 7. The van der Waals surface area contributed by atoms with E-state index in [0.29, 0.717) is 0 Å². The number of hydrogen-bond donors (Lipinski definition) is 0. The van der Waals surface area contributed by atoms with Crippen molar-refractivity contribution in [1.29, 1.82) is 0 Å². The average molecular weight is 549 g/mol. The molecule has 3 heteroatoms. The minimum Gasteiger partial charge on any atom is -0.455 e. The second-order valence-corrected chi connectivity index (χ2v) is 11.0. The summed E-state index contributed by atoms with van der Waals surface area (Å²) in [6, 6.07) is 50.8. The van der Waals surface area contributed by atoms with Crippen LogP contribution < -0.4 is 0 Å². The smallest absolute Gasteiger partial charge is 0.143 e. The number of furan rings is 1. The van der Waals surface area contributed by atoms with E-state index in [1.54, 1.807) is 0 Å². The molecule has 0 fully saturated rings. The van der Waals surface area contributed by atoms with Crippen LogP contribution in [0.1, 0.15) is 0 Å². The van der Waals surface area contributed by atoms with E-state index in [4.69, 9.17) is 14.4 Å². The maximum atomic E-state index is 6.57. The van der Waals surface area contributed by atoms with Crippen LogP contribution in [0.25, 0.3) is 88.2 Å². The van der Waals surface area contributed by atoms with Crippen LogP contribution in [0.2, 0.25) is 0 Å². The number of para-hydroxylation sites is 2. The number of rotatable bonds is 3. The van der Waals surface area contributed by atoms with E-state index in [2.05, 4.69) is 103 Å². The van der Waals surface area contributed by atoms with Crippen LogP contribution in [0.3, 0.4) is 0 Å². The minimum absolute atomic E-state index is 0.856. The zero-order chi connectivity index (χ0) is 28.3. The topological polar surface area (TPSA) is 38.9 Å². The molecule has 7 aromatic carbocycles. The fourth-order valence-corrected chi connectivity index (χ4v) is 6.34. The Bertz CT molecular complexity index is 2510. The van der Waals surface area contributed by atoms with Crippen molar-refractivity contribution in [3.05, 3.63) is 146 Å². The third-order valence-electron chi connectivity index (χ3n) is 8.43. The van der Waals surface area contributed by atoms with Crippen LogP contribution in [0, 0.1) is 0 Å². The normalized spacial score (nSPS) is 11.7.